The predicted octanol–water partition coefficient (Wildman–Crippen LogP) is -0.310. The number of nitrogens with one attached hydrogen (secondary N) is 1. The third kappa shape index (κ3) is 3.72. The molecule has 1 aliphatic carbocycles. The SMILES string of the molecule is CC(C)NC(=O)CN(C)C(=O)[C@@H]1C[C@@H]1C(=O)O. The van der Waals surface area contributed by atoms with E-state index in [1.165, 1.54) is 11.9 Å². The van der Waals surface area contributed by atoms with Gasteiger partial charge in [0.1, 0.15) is 0 Å². The number of aliphatic carboxylic acids is 1. The molecule has 1 fully saturated rings. The first kappa shape index (κ1) is 13.5. The Kier molecular flexibility index (Phi) is 4.09. The molecule has 1 aliphatic rings. The van der Waals surface area contributed by atoms with Gasteiger partial charge in [0.2, 0.25) is 11.8 Å². The summed E-state index contributed by atoms with van der Waals surface area (Å²) in [5.41, 5.74) is 0. The number of carbonyl (C=O) groups is 3. The third-order valence-corrected chi connectivity index (χ3v) is 2.63. The lowest BCUT2D eigenvalue weighted by molar-refractivity contribution is -0.142. The molecular weight excluding hydrogens is 224 g/mol. The molecule has 0 radical (unpaired) electrons. The van der Waals surface area contributed by atoms with Crippen molar-refractivity contribution >= 4 is 17.8 Å². The van der Waals surface area contributed by atoms with Crippen LogP contribution < -0.4 is 5.32 Å². The molecule has 17 heavy (non-hydrogen) atoms. The van der Waals surface area contributed by atoms with E-state index in [-0.39, 0.29) is 24.4 Å². The molecule has 1 saturated carbocycles. The summed E-state index contributed by atoms with van der Waals surface area (Å²) in [7, 11) is 1.51. The van der Waals surface area contributed by atoms with Crippen LogP contribution in [0.5, 0.6) is 0 Å². The van der Waals surface area contributed by atoms with Crippen LogP contribution >= 0.6 is 0 Å². The van der Waals surface area contributed by atoms with Gasteiger partial charge in [-0.3, -0.25) is 14.4 Å². The predicted molar refractivity (Wildman–Crippen MR) is 60.1 cm³/mol. The zero-order valence-corrected chi connectivity index (χ0v) is 10.3. The largest absolute Gasteiger partial charge is 0.481 e. The summed E-state index contributed by atoms with van der Waals surface area (Å²) in [5.74, 6) is -2.47. The highest BCUT2D eigenvalue weighted by molar-refractivity contribution is 5.91. The van der Waals surface area contributed by atoms with E-state index >= 15 is 0 Å². The highest BCUT2D eigenvalue weighted by atomic mass is 16.4. The average molecular weight is 242 g/mol. The van der Waals surface area contributed by atoms with Crippen LogP contribution in [-0.4, -0.2) is 47.4 Å². The monoisotopic (exact) mass is 242 g/mol. The van der Waals surface area contributed by atoms with Crippen molar-refractivity contribution in [2.75, 3.05) is 13.6 Å². The first-order chi connectivity index (χ1) is 7.82. The highest BCUT2D eigenvalue weighted by Crippen LogP contribution is 2.39. The number of amides is 2. The number of hydrogen-bond donors (Lipinski definition) is 2. The Balaban J connectivity index is 2.38. The van der Waals surface area contributed by atoms with Gasteiger partial charge in [-0.25, -0.2) is 0 Å². The van der Waals surface area contributed by atoms with E-state index in [0.717, 1.165) is 0 Å². The Morgan fingerprint density at radius 1 is 1.35 bits per heavy atom. The van der Waals surface area contributed by atoms with Gasteiger partial charge in [-0.15, -0.1) is 0 Å². The molecule has 96 valence electrons. The number of nitrogens with zero attached hydrogens (tertiary/aromatic N) is 1. The van der Waals surface area contributed by atoms with Crippen molar-refractivity contribution in [1.82, 2.24) is 10.2 Å². The van der Waals surface area contributed by atoms with Gasteiger partial charge in [-0.2, -0.15) is 0 Å². The van der Waals surface area contributed by atoms with Crippen LogP contribution in [-0.2, 0) is 14.4 Å². The molecule has 0 aromatic rings. The minimum absolute atomic E-state index is 0.0266. The van der Waals surface area contributed by atoms with Gasteiger partial charge in [0.15, 0.2) is 0 Å². The highest BCUT2D eigenvalue weighted by Gasteiger charge is 2.49. The van der Waals surface area contributed by atoms with Crippen LogP contribution in [0.4, 0.5) is 0 Å². The minimum Gasteiger partial charge on any atom is -0.481 e. The summed E-state index contributed by atoms with van der Waals surface area (Å²) >= 11 is 0. The standard InChI is InChI=1S/C11H18N2O4/c1-6(2)12-9(14)5-13(3)10(15)7-4-8(7)11(16)17/h6-8H,4-5H2,1-3H3,(H,12,14)(H,16,17)/t7-,8+/m1/s1. The van der Waals surface area contributed by atoms with Crippen molar-refractivity contribution in [1.29, 1.82) is 0 Å². The lowest BCUT2D eigenvalue weighted by Crippen LogP contribution is -2.41. The molecule has 0 unspecified atom stereocenters. The van der Waals surface area contributed by atoms with Gasteiger partial charge < -0.3 is 15.3 Å². The fourth-order valence-electron chi connectivity index (χ4n) is 1.68. The molecule has 1 rings (SSSR count). The molecule has 2 amide bonds. The van der Waals surface area contributed by atoms with Gasteiger partial charge in [0.05, 0.1) is 18.4 Å². The number of hydrogen-bond acceptors (Lipinski definition) is 3. The zero-order chi connectivity index (χ0) is 13.2. The number of carboxylic acid groups (broad SMARTS) is 1. The van der Waals surface area contributed by atoms with E-state index in [9.17, 15) is 14.4 Å². The van der Waals surface area contributed by atoms with Crippen LogP contribution in [0.15, 0.2) is 0 Å². The molecule has 6 heteroatoms. The Bertz CT molecular complexity index is 340. The van der Waals surface area contributed by atoms with E-state index in [1.54, 1.807) is 0 Å². The maximum atomic E-state index is 11.7. The van der Waals surface area contributed by atoms with Crippen molar-refractivity contribution in [3.63, 3.8) is 0 Å². The fourth-order valence-corrected chi connectivity index (χ4v) is 1.68. The Morgan fingerprint density at radius 3 is 2.35 bits per heavy atom. The third-order valence-electron chi connectivity index (χ3n) is 2.63. The van der Waals surface area contributed by atoms with Gasteiger partial charge in [0.25, 0.3) is 0 Å². The number of rotatable bonds is 5. The second-order valence-electron chi connectivity index (χ2n) is 4.70. The van der Waals surface area contributed by atoms with Gasteiger partial charge in [0, 0.05) is 13.1 Å². The van der Waals surface area contributed by atoms with E-state index in [1.807, 2.05) is 13.8 Å². The fraction of sp³-hybridized carbons (Fsp3) is 0.727. The molecule has 0 bridgehead atoms. The Morgan fingerprint density at radius 2 is 1.94 bits per heavy atom. The molecule has 0 aromatic carbocycles. The summed E-state index contributed by atoms with van der Waals surface area (Å²) in [6.07, 6.45) is 0.379. The van der Waals surface area contributed by atoms with E-state index in [4.69, 9.17) is 5.11 Å². The topological polar surface area (TPSA) is 86.7 Å². The summed E-state index contributed by atoms with van der Waals surface area (Å²) < 4.78 is 0. The van der Waals surface area contributed by atoms with Crippen molar-refractivity contribution in [2.45, 2.75) is 26.3 Å². The molecule has 0 heterocycles. The van der Waals surface area contributed by atoms with Crippen LogP contribution in [0.2, 0.25) is 0 Å². The smallest absolute Gasteiger partial charge is 0.307 e. The molecule has 2 N–H and O–H groups in total. The first-order valence-corrected chi connectivity index (χ1v) is 5.60. The molecule has 0 aliphatic heterocycles. The van der Waals surface area contributed by atoms with Gasteiger partial charge >= 0.3 is 5.97 Å². The molecule has 2 atom stereocenters. The van der Waals surface area contributed by atoms with E-state index in [2.05, 4.69) is 5.32 Å². The summed E-state index contributed by atoms with van der Waals surface area (Å²) in [6.45, 7) is 3.64. The molecule has 0 aromatic heterocycles. The number of carbonyl (C=O) groups excluding carboxylic acids is 2. The van der Waals surface area contributed by atoms with Crippen molar-refractivity contribution in [3.05, 3.63) is 0 Å². The normalized spacial score (nSPS) is 22.1. The number of likely N-dealkylation sites (N-methyl/N-ethyl adjacent to an activating group) is 1. The average Bonchev–Trinajstić information content (AvgIpc) is 2.93. The molecule has 0 saturated heterocycles. The molecular formula is C11H18N2O4. The maximum absolute atomic E-state index is 11.7. The Labute approximate surface area is 100.0 Å². The van der Waals surface area contributed by atoms with Crippen LogP contribution in [0.1, 0.15) is 20.3 Å². The lowest BCUT2D eigenvalue weighted by Gasteiger charge is -2.17. The summed E-state index contributed by atoms with van der Waals surface area (Å²) in [4.78, 5) is 35.0. The van der Waals surface area contributed by atoms with Crippen molar-refractivity contribution in [2.24, 2.45) is 11.8 Å². The second-order valence-corrected chi connectivity index (χ2v) is 4.70. The summed E-state index contributed by atoms with van der Waals surface area (Å²) in [5, 5.41) is 11.4. The van der Waals surface area contributed by atoms with E-state index < -0.39 is 17.8 Å². The quantitative estimate of drug-likeness (QED) is 0.692. The lowest BCUT2D eigenvalue weighted by atomic mass is 10.3. The van der Waals surface area contributed by atoms with Crippen LogP contribution in [0, 0.1) is 11.8 Å². The van der Waals surface area contributed by atoms with Crippen molar-refractivity contribution < 1.29 is 19.5 Å². The van der Waals surface area contributed by atoms with Crippen molar-refractivity contribution in [3.8, 4) is 0 Å². The number of carboxylic acids is 1. The molecule has 6 nitrogen and oxygen atoms in total. The van der Waals surface area contributed by atoms with Crippen LogP contribution in [0.3, 0.4) is 0 Å². The second kappa shape index (κ2) is 5.16. The van der Waals surface area contributed by atoms with Gasteiger partial charge in [-0.05, 0) is 20.3 Å². The van der Waals surface area contributed by atoms with E-state index in [0.29, 0.717) is 6.42 Å². The minimum atomic E-state index is -0.941. The maximum Gasteiger partial charge on any atom is 0.307 e. The zero-order valence-electron chi connectivity index (χ0n) is 10.3. The molecule has 0 spiro atoms. The first-order valence-electron chi connectivity index (χ1n) is 5.60. The Hall–Kier alpha value is -1.59. The van der Waals surface area contributed by atoms with Gasteiger partial charge in [-0.1, -0.05) is 0 Å². The van der Waals surface area contributed by atoms with Crippen LogP contribution in [0.25, 0.3) is 0 Å². The summed E-state index contributed by atoms with van der Waals surface area (Å²) in [6, 6.07) is 0.0266.